The van der Waals surface area contributed by atoms with Gasteiger partial charge in [-0.25, -0.2) is 0 Å². The minimum Gasteiger partial charge on any atom is -0.394 e. The lowest BCUT2D eigenvalue weighted by Crippen LogP contribution is -2.35. The molecular formula is C6H12N4O2. The van der Waals surface area contributed by atoms with Crippen molar-refractivity contribution >= 4 is 5.96 Å². The molecule has 0 saturated carbocycles. The van der Waals surface area contributed by atoms with Gasteiger partial charge in [-0.2, -0.15) is 5.26 Å². The Morgan fingerprint density at radius 2 is 2.33 bits per heavy atom. The minimum atomic E-state index is -0.0508. The van der Waals surface area contributed by atoms with Gasteiger partial charge in [-0.1, -0.05) is 0 Å². The number of hydrogen-bond donors (Lipinski definition) is 4. The lowest BCUT2D eigenvalue weighted by molar-refractivity contribution is 0.0957. The smallest absolute Gasteiger partial charge is 0.201 e. The maximum atomic E-state index is 8.32. The summed E-state index contributed by atoms with van der Waals surface area (Å²) in [7, 11) is 0. The van der Waals surface area contributed by atoms with Crippen LogP contribution in [0.5, 0.6) is 0 Å². The molecule has 0 rings (SSSR count). The van der Waals surface area contributed by atoms with E-state index in [0.717, 1.165) is 0 Å². The van der Waals surface area contributed by atoms with Crippen molar-refractivity contribution in [2.45, 2.75) is 0 Å². The van der Waals surface area contributed by atoms with Gasteiger partial charge in [0.05, 0.1) is 19.8 Å². The molecule has 4 N–H and O–H groups in total. The van der Waals surface area contributed by atoms with Crippen LogP contribution in [0.4, 0.5) is 0 Å². The van der Waals surface area contributed by atoms with Gasteiger partial charge in [0.25, 0.3) is 0 Å². The van der Waals surface area contributed by atoms with Crippen molar-refractivity contribution in [3.05, 3.63) is 0 Å². The van der Waals surface area contributed by atoms with E-state index in [1.807, 2.05) is 0 Å². The van der Waals surface area contributed by atoms with Crippen molar-refractivity contribution in [2.24, 2.45) is 0 Å². The van der Waals surface area contributed by atoms with E-state index < -0.39 is 0 Å². The molecular weight excluding hydrogens is 160 g/mol. The molecule has 6 heteroatoms. The zero-order valence-corrected chi connectivity index (χ0v) is 6.63. The second-order valence-corrected chi connectivity index (χ2v) is 1.87. The summed E-state index contributed by atoms with van der Waals surface area (Å²) >= 11 is 0. The van der Waals surface area contributed by atoms with Gasteiger partial charge in [0.15, 0.2) is 6.19 Å². The Balaban J connectivity index is 3.10. The van der Waals surface area contributed by atoms with Gasteiger partial charge >= 0.3 is 0 Å². The van der Waals surface area contributed by atoms with E-state index in [-0.39, 0.29) is 12.6 Å². The summed E-state index contributed by atoms with van der Waals surface area (Å²) in [5.41, 5.74) is 0. The van der Waals surface area contributed by atoms with Crippen LogP contribution < -0.4 is 10.6 Å². The molecule has 12 heavy (non-hydrogen) atoms. The number of guanidine groups is 1. The molecule has 0 aliphatic heterocycles. The molecule has 0 saturated heterocycles. The summed E-state index contributed by atoms with van der Waals surface area (Å²) in [5, 5.41) is 28.1. The molecule has 0 aromatic heterocycles. The average Bonchev–Trinajstić information content (AvgIpc) is 2.05. The first-order valence-electron chi connectivity index (χ1n) is 3.47. The van der Waals surface area contributed by atoms with E-state index in [9.17, 15) is 0 Å². The van der Waals surface area contributed by atoms with Crippen molar-refractivity contribution in [1.82, 2.24) is 10.6 Å². The molecule has 0 spiro atoms. The molecule has 0 unspecified atom stereocenters. The highest BCUT2D eigenvalue weighted by Gasteiger charge is 1.91. The third-order valence-corrected chi connectivity index (χ3v) is 0.965. The highest BCUT2D eigenvalue weighted by atomic mass is 16.5. The first-order chi connectivity index (χ1) is 5.81. The quantitative estimate of drug-likeness (QED) is 0.134. The van der Waals surface area contributed by atoms with Gasteiger partial charge in [-0.15, -0.1) is 0 Å². The Morgan fingerprint density at radius 1 is 1.58 bits per heavy atom. The number of nitrogens with zero attached hydrogens (tertiary/aromatic N) is 1. The van der Waals surface area contributed by atoms with Crippen molar-refractivity contribution < 1.29 is 9.84 Å². The van der Waals surface area contributed by atoms with E-state index >= 15 is 0 Å². The summed E-state index contributed by atoms with van der Waals surface area (Å²) in [6.45, 7) is 1.12. The molecule has 6 nitrogen and oxygen atoms in total. The van der Waals surface area contributed by atoms with Crippen molar-refractivity contribution in [3.8, 4) is 6.19 Å². The first kappa shape index (κ1) is 10.7. The summed E-state index contributed by atoms with van der Waals surface area (Å²) in [5.74, 6) is -0.0508. The van der Waals surface area contributed by atoms with E-state index in [1.165, 1.54) is 0 Å². The average molecular weight is 172 g/mol. The molecule has 68 valence electrons. The molecule has 0 aliphatic carbocycles. The number of nitriles is 1. The standard InChI is InChI=1S/C6H12N4O2/c7-5-10-6(8)9-1-3-12-4-2-11/h11H,1-4H2,(H3,8,9,10). The summed E-state index contributed by atoms with van der Waals surface area (Å²) in [4.78, 5) is 0. The number of hydrogen-bond acceptors (Lipinski definition) is 4. The molecule has 0 aromatic carbocycles. The predicted molar refractivity (Wildman–Crippen MR) is 42.4 cm³/mol. The number of ether oxygens (including phenoxy) is 1. The Bertz CT molecular complexity index is 165. The lowest BCUT2D eigenvalue weighted by Gasteiger charge is -2.04. The van der Waals surface area contributed by atoms with E-state index in [4.69, 9.17) is 20.5 Å². The van der Waals surface area contributed by atoms with E-state index in [0.29, 0.717) is 19.8 Å². The maximum absolute atomic E-state index is 8.32. The number of nitrogens with one attached hydrogen (secondary N) is 3. The van der Waals surface area contributed by atoms with Crippen LogP contribution in [0.2, 0.25) is 0 Å². The van der Waals surface area contributed by atoms with Crippen molar-refractivity contribution in [1.29, 1.82) is 10.7 Å². The fourth-order valence-corrected chi connectivity index (χ4v) is 0.515. The highest BCUT2D eigenvalue weighted by molar-refractivity contribution is 5.77. The zero-order chi connectivity index (χ0) is 9.23. The topological polar surface area (TPSA) is 101 Å². The maximum Gasteiger partial charge on any atom is 0.201 e. The minimum absolute atomic E-state index is 0.00606. The lowest BCUT2D eigenvalue weighted by atomic mass is 10.6. The molecule has 0 atom stereocenters. The molecule has 0 aliphatic rings. The molecule has 0 aromatic rings. The Morgan fingerprint density at radius 3 is 2.92 bits per heavy atom. The zero-order valence-electron chi connectivity index (χ0n) is 6.63. The van der Waals surface area contributed by atoms with Gasteiger partial charge in [-0.3, -0.25) is 10.7 Å². The van der Waals surface area contributed by atoms with Gasteiger partial charge < -0.3 is 15.2 Å². The SMILES string of the molecule is N#CNC(=N)NCCOCCO. The third-order valence-electron chi connectivity index (χ3n) is 0.965. The molecule has 0 bridgehead atoms. The van der Waals surface area contributed by atoms with Crippen LogP contribution in [-0.2, 0) is 4.74 Å². The fourth-order valence-electron chi connectivity index (χ4n) is 0.515. The monoisotopic (exact) mass is 172 g/mol. The Labute approximate surface area is 70.6 Å². The highest BCUT2D eigenvalue weighted by Crippen LogP contribution is 1.70. The second-order valence-electron chi connectivity index (χ2n) is 1.87. The summed E-state index contributed by atoms with van der Waals surface area (Å²) in [6.07, 6.45) is 1.60. The molecule has 0 amide bonds. The Kier molecular flexibility index (Phi) is 6.93. The normalized spacial score (nSPS) is 8.67. The predicted octanol–water partition coefficient (Wildman–Crippen LogP) is -1.41. The van der Waals surface area contributed by atoms with Gasteiger partial charge in [0.1, 0.15) is 0 Å². The second kappa shape index (κ2) is 7.78. The van der Waals surface area contributed by atoms with Crippen LogP contribution in [-0.4, -0.2) is 37.4 Å². The van der Waals surface area contributed by atoms with Crippen molar-refractivity contribution in [2.75, 3.05) is 26.4 Å². The Hall–Kier alpha value is -1.32. The molecule has 0 fully saturated rings. The molecule has 0 heterocycles. The van der Waals surface area contributed by atoms with Crippen LogP contribution in [0, 0.1) is 16.9 Å². The van der Waals surface area contributed by atoms with Crippen LogP contribution >= 0.6 is 0 Å². The fraction of sp³-hybridized carbons (Fsp3) is 0.667. The summed E-state index contributed by atoms with van der Waals surface area (Å²) < 4.78 is 4.89. The van der Waals surface area contributed by atoms with E-state index in [2.05, 4.69) is 10.6 Å². The number of rotatable bonds is 5. The van der Waals surface area contributed by atoms with Gasteiger partial charge in [-0.05, 0) is 0 Å². The van der Waals surface area contributed by atoms with Crippen LogP contribution in [0.1, 0.15) is 0 Å². The number of aliphatic hydroxyl groups is 1. The van der Waals surface area contributed by atoms with E-state index in [1.54, 1.807) is 6.19 Å². The first-order valence-corrected chi connectivity index (χ1v) is 3.47. The summed E-state index contributed by atoms with van der Waals surface area (Å²) in [6, 6.07) is 0. The van der Waals surface area contributed by atoms with Gasteiger partial charge in [0.2, 0.25) is 5.96 Å². The number of aliphatic hydroxyl groups excluding tert-OH is 1. The van der Waals surface area contributed by atoms with Crippen LogP contribution in [0.3, 0.4) is 0 Å². The van der Waals surface area contributed by atoms with Crippen LogP contribution in [0.25, 0.3) is 0 Å². The van der Waals surface area contributed by atoms with Crippen LogP contribution in [0.15, 0.2) is 0 Å². The van der Waals surface area contributed by atoms with Gasteiger partial charge in [0, 0.05) is 6.54 Å². The molecule has 0 radical (unpaired) electrons. The third kappa shape index (κ3) is 6.80. The van der Waals surface area contributed by atoms with Crippen molar-refractivity contribution in [3.63, 3.8) is 0 Å². The largest absolute Gasteiger partial charge is 0.394 e.